The van der Waals surface area contributed by atoms with E-state index in [2.05, 4.69) is 25.8 Å². The van der Waals surface area contributed by atoms with Crippen molar-refractivity contribution in [1.29, 1.82) is 0 Å². The molecular formula is C13H10N6O2. The van der Waals surface area contributed by atoms with Crippen LogP contribution in [0.3, 0.4) is 0 Å². The van der Waals surface area contributed by atoms with Gasteiger partial charge in [-0.25, -0.2) is 0 Å². The van der Waals surface area contributed by atoms with Gasteiger partial charge in [-0.15, -0.1) is 5.10 Å². The summed E-state index contributed by atoms with van der Waals surface area (Å²) in [6.07, 6.45) is 4.31. The van der Waals surface area contributed by atoms with Gasteiger partial charge in [0.05, 0.1) is 11.3 Å². The van der Waals surface area contributed by atoms with Gasteiger partial charge in [0, 0.05) is 18.5 Å². The van der Waals surface area contributed by atoms with Crippen LogP contribution in [0.1, 0.15) is 10.4 Å². The zero-order chi connectivity index (χ0) is 14.7. The van der Waals surface area contributed by atoms with Crippen molar-refractivity contribution >= 4 is 11.6 Å². The van der Waals surface area contributed by atoms with Gasteiger partial charge in [-0.3, -0.25) is 9.59 Å². The Hall–Kier alpha value is -3.29. The van der Waals surface area contributed by atoms with Gasteiger partial charge in [0.15, 0.2) is 0 Å². The van der Waals surface area contributed by atoms with Gasteiger partial charge in [0.1, 0.15) is 12.0 Å². The van der Waals surface area contributed by atoms with E-state index in [1.54, 1.807) is 24.3 Å². The van der Waals surface area contributed by atoms with E-state index in [0.29, 0.717) is 11.3 Å². The van der Waals surface area contributed by atoms with Gasteiger partial charge in [0.25, 0.3) is 5.91 Å². The molecule has 0 saturated carbocycles. The average molecular weight is 282 g/mol. The van der Waals surface area contributed by atoms with Crippen LogP contribution >= 0.6 is 0 Å². The van der Waals surface area contributed by atoms with Crippen LogP contribution in [0.25, 0.3) is 5.69 Å². The molecule has 0 radical (unpaired) electrons. The second-order valence-electron chi connectivity index (χ2n) is 4.15. The van der Waals surface area contributed by atoms with E-state index < -0.39 is 5.91 Å². The summed E-state index contributed by atoms with van der Waals surface area (Å²) in [5, 5.41) is 13.4. The van der Waals surface area contributed by atoms with Crippen molar-refractivity contribution in [3.05, 3.63) is 64.8 Å². The third kappa shape index (κ3) is 2.54. The molecule has 21 heavy (non-hydrogen) atoms. The molecule has 2 aromatic heterocycles. The Morgan fingerprint density at radius 1 is 1.24 bits per heavy atom. The van der Waals surface area contributed by atoms with Gasteiger partial charge in [-0.05, 0) is 22.6 Å². The number of anilines is 1. The Bertz CT molecular complexity index is 824. The number of nitrogens with zero attached hydrogens (tertiary/aromatic N) is 4. The van der Waals surface area contributed by atoms with E-state index in [1.807, 2.05) is 0 Å². The maximum absolute atomic E-state index is 12.3. The number of H-pyrrole nitrogens is 1. The topological polar surface area (TPSA) is 106 Å². The largest absolute Gasteiger partial charge is 0.366 e. The number of rotatable bonds is 3. The van der Waals surface area contributed by atoms with Crippen molar-refractivity contribution in [2.45, 2.75) is 0 Å². The van der Waals surface area contributed by atoms with E-state index in [9.17, 15) is 9.59 Å². The molecule has 0 aliphatic rings. The van der Waals surface area contributed by atoms with Crippen molar-refractivity contribution in [1.82, 2.24) is 25.2 Å². The van der Waals surface area contributed by atoms with Crippen molar-refractivity contribution in [3.8, 4) is 5.69 Å². The molecule has 0 unspecified atom stereocenters. The smallest absolute Gasteiger partial charge is 0.258 e. The second-order valence-corrected chi connectivity index (χ2v) is 4.15. The number of amides is 1. The van der Waals surface area contributed by atoms with Gasteiger partial charge >= 0.3 is 0 Å². The highest BCUT2D eigenvalue weighted by Gasteiger charge is 2.14. The number of carbonyl (C=O) groups is 1. The number of hydrogen-bond donors (Lipinski definition) is 2. The summed E-state index contributed by atoms with van der Waals surface area (Å²) in [5.41, 5.74) is 0.774. The molecule has 8 nitrogen and oxygen atoms in total. The molecule has 3 rings (SSSR count). The lowest BCUT2D eigenvalue weighted by Crippen LogP contribution is -2.19. The number of hydrogen-bond acceptors (Lipinski definition) is 5. The fourth-order valence-corrected chi connectivity index (χ4v) is 1.84. The summed E-state index contributed by atoms with van der Waals surface area (Å²) in [7, 11) is 0. The van der Waals surface area contributed by atoms with Crippen molar-refractivity contribution < 1.29 is 4.79 Å². The second kappa shape index (κ2) is 5.37. The van der Waals surface area contributed by atoms with Gasteiger partial charge in [-0.1, -0.05) is 12.1 Å². The predicted molar refractivity (Wildman–Crippen MR) is 74.2 cm³/mol. The lowest BCUT2D eigenvalue weighted by atomic mass is 10.1. The van der Waals surface area contributed by atoms with Crippen LogP contribution in [0, 0.1) is 0 Å². The third-order valence-electron chi connectivity index (χ3n) is 2.82. The van der Waals surface area contributed by atoms with Crippen LogP contribution in [-0.2, 0) is 0 Å². The predicted octanol–water partition coefficient (Wildman–Crippen LogP) is 0.603. The van der Waals surface area contributed by atoms with E-state index >= 15 is 0 Å². The molecule has 0 fully saturated rings. The summed E-state index contributed by atoms with van der Waals surface area (Å²) in [4.78, 5) is 26.7. The first-order valence-electron chi connectivity index (χ1n) is 6.06. The van der Waals surface area contributed by atoms with Crippen molar-refractivity contribution in [2.24, 2.45) is 0 Å². The van der Waals surface area contributed by atoms with Gasteiger partial charge < -0.3 is 10.3 Å². The average Bonchev–Trinajstić information content (AvgIpc) is 3.04. The molecule has 0 bridgehead atoms. The Balaban J connectivity index is 1.96. The van der Waals surface area contributed by atoms with Crippen LogP contribution in [0.4, 0.5) is 5.69 Å². The zero-order valence-corrected chi connectivity index (χ0v) is 10.7. The van der Waals surface area contributed by atoms with Crippen molar-refractivity contribution in [2.75, 3.05) is 5.32 Å². The summed E-state index contributed by atoms with van der Waals surface area (Å²) in [6, 6.07) is 8.16. The Labute approximate surface area is 118 Å². The summed E-state index contributed by atoms with van der Waals surface area (Å²) < 4.78 is 1.38. The molecular weight excluding hydrogens is 272 g/mol. The van der Waals surface area contributed by atoms with Crippen LogP contribution < -0.4 is 10.7 Å². The first-order chi connectivity index (χ1) is 10.3. The molecule has 8 heteroatoms. The molecule has 3 aromatic rings. The van der Waals surface area contributed by atoms with Crippen LogP contribution in [0.2, 0.25) is 0 Å². The molecule has 1 amide bonds. The van der Waals surface area contributed by atoms with E-state index in [4.69, 9.17) is 0 Å². The molecule has 1 aromatic carbocycles. The minimum atomic E-state index is -0.419. The van der Waals surface area contributed by atoms with E-state index in [-0.39, 0.29) is 11.1 Å². The maximum atomic E-state index is 12.3. The zero-order valence-electron chi connectivity index (χ0n) is 10.7. The van der Waals surface area contributed by atoms with E-state index in [0.717, 1.165) is 0 Å². The molecule has 2 N–H and O–H groups in total. The van der Waals surface area contributed by atoms with E-state index in [1.165, 1.54) is 29.5 Å². The highest BCUT2D eigenvalue weighted by atomic mass is 16.2. The SMILES string of the molecule is O=C(Nc1c[nH]ccc1=O)c1ccccc1-n1cnnn1. The minimum absolute atomic E-state index is 0.175. The first kappa shape index (κ1) is 12.7. The molecule has 0 atom stereocenters. The summed E-state index contributed by atoms with van der Waals surface area (Å²) >= 11 is 0. The highest BCUT2D eigenvalue weighted by Crippen LogP contribution is 2.14. The Kier molecular flexibility index (Phi) is 3.26. The van der Waals surface area contributed by atoms with Crippen molar-refractivity contribution in [3.63, 3.8) is 0 Å². The number of nitrogens with one attached hydrogen (secondary N) is 2. The molecule has 0 aliphatic heterocycles. The lowest BCUT2D eigenvalue weighted by Gasteiger charge is -2.08. The molecule has 104 valence electrons. The lowest BCUT2D eigenvalue weighted by molar-refractivity contribution is 0.102. The first-order valence-corrected chi connectivity index (χ1v) is 6.06. The maximum Gasteiger partial charge on any atom is 0.258 e. The fraction of sp³-hybridized carbons (Fsp3) is 0. The molecule has 0 saturated heterocycles. The molecule has 0 spiro atoms. The number of para-hydroxylation sites is 1. The molecule has 0 aliphatic carbocycles. The number of benzene rings is 1. The summed E-state index contributed by atoms with van der Waals surface area (Å²) in [6.45, 7) is 0. The highest BCUT2D eigenvalue weighted by molar-refractivity contribution is 6.06. The molecule has 2 heterocycles. The number of aromatic amines is 1. The quantitative estimate of drug-likeness (QED) is 0.732. The van der Waals surface area contributed by atoms with Crippen LogP contribution in [0.5, 0.6) is 0 Å². The Morgan fingerprint density at radius 2 is 2.10 bits per heavy atom. The van der Waals surface area contributed by atoms with Crippen LogP contribution in [0.15, 0.2) is 53.8 Å². The third-order valence-corrected chi connectivity index (χ3v) is 2.82. The minimum Gasteiger partial charge on any atom is -0.366 e. The van der Waals surface area contributed by atoms with Crippen LogP contribution in [-0.4, -0.2) is 31.1 Å². The van der Waals surface area contributed by atoms with Gasteiger partial charge in [-0.2, -0.15) is 4.68 Å². The fourth-order valence-electron chi connectivity index (χ4n) is 1.84. The summed E-state index contributed by atoms with van der Waals surface area (Å²) in [5.74, 6) is -0.419. The Morgan fingerprint density at radius 3 is 2.86 bits per heavy atom. The number of tetrazole rings is 1. The standard InChI is InChI=1S/C13H10N6O2/c20-12-5-6-14-7-10(12)16-13(21)9-3-1-2-4-11(9)19-8-15-17-18-19/h1-8H,(H,14,20)(H,16,21). The number of carbonyl (C=O) groups excluding carboxylic acids is 1. The number of pyridine rings is 1. The monoisotopic (exact) mass is 282 g/mol. The number of aromatic nitrogens is 5. The van der Waals surface area contributed by atoms with Gasteiger partial charge in [0.2, 0.25) is 5.43 Å². The normalized spacial score (nSPS) is 10.3.